The first-order valence-corrected chi connectivity index (χ1v) is 7.34. The third-order valence-corrected chi connectivity index (χ3v) is 3.12. The highest BCUT2D eigenvalue weighted by atomic mass is 16.4. The SMILES string of the molecule is CCCNC(=O)CCCC(=O)Nc1ccc(C(=O)O)c(C)c1. The number of benzene rings is 1. The number of anilines is 1. The molecule has 0 saturated heterocycles. The Kier molecular flexibility index (Phi) is 7.08. The lowest BCUT2D eigenvalue weighted by molar-refractivity contribution is -0.121. The maximum atomic E-state index is 11.8. The highest BCUT2D eigenvalue weighted by Crippen LogP contribution is 2.15. The highest BCUT2D eigenvalue weighted by molar-refractivity contribution is 5.93. The van der Waals surface area contributed by atoms with Crippen LogP contribution in [0.15, 0.2) is 18.2 Å². The number of rotatable bonds is 8. The van der Waals surface area contributed by atoms with E-state index in [1.807, 2.05) is 6.92 Å². The van der Waals surface area contributed by atoms with E-state index in [-0.39, 0.29) is 23.8 Å². The summed E-state index contributed by atoms with van der Waals surface area (Å²) in [7, 11) is 0. The normalized spacial score (nSPS) is 10.1. The molecular weight excluding hydrogens is 284 g/mol. The monoisotopic (exact) mass is 306 g/mol. The molecule has 0 saturated carbocycles. The van der Waals surface area contributed by atoms with Crippen molar-refractivity contribution in [2.75, 3.05) is 11.9 Å². The van der Waals surface area contributed by atoms with Gasteiger partial charge in [-0.3, -0.25) is 9.59 Å². The van der Waals surface area contributed by atoms with Crippen LogP contribution in [0.1, 0.15) is 48.5 Å². The molecule has 0 bridgehead atoms. The van der Waals surface area contributed by atoms with E-state index < -0.39 is 5.97 Å². The Labute approximate surface area is 129 Å². The number of hydrogen-bond donors (Lipinski definition) is 3. The molecule has 1 rings (SSSR count). The third kappa shape index (κ3) is 5.95. The van der Waals surface area contributed by atoms with Gasteiger partial charge in [0.25, 0.3) is 0 Å². The molecule has 6 nitrogen and oxygen atoms in total. The largest absolute Gasteiger partial charge is 0.478 e. The molecule has 0 aliphatic carbocycles. The fraction of sp³-hybridized carbons (Fsp3) is 0.438. The second kappa shape index (κ2) is 8.81. The molecule has 0 aromatic heterocycles. The molecule has 22 heavy (non-hydrogen) atoms. The summed E-state index contributed by atoms with van der Waals surface area (Å²) in [4.78, 5) is 34.1. The molecule has 0 heterocycles. The lowest BCUT2D eigenvalue weighted by Crippen LogP contribution is -2.24. The van der Waals surface area contributed by atoms with E-state index in [4.69, 9.17) is 5.11 Å². The summed E-state index contributed by atoms with van der Waals surface area (Å²) >= 11 is 0. The molecule has 0 aliphatic rings. The Morgan fingerprint density at radius 1 is 1.14 bits per heavy atom. The van der Waals surface area contributed by atoms with Gasteiger partial charge in [-0.2, -0.15) is 0 Å². The van der Waals surface area contributed by atoms with E-state index in [1.54, 1.807) is 19.1 Å². The summed E-state index contributed by atoms with van der Waals surface area (Å²) in [5.41, 5.74) is 1.36. The average molecular weight is 306 g/mol. The van der Waals surface area contributed by atoms with Crippen LogP contribution < -0.4 is 10.6 Å². The minimum absolute atomic E-state index is 0.0451. The van der Waals surface area contributed by atoms with Crippen LogP contribution in [-0.2, 0) is 9.59 Å². The zero-order valence-corrected chi connectivity index (χ0v) is 12.9. The number of carbonyl (C=O) groups is 3. The van der Waals surface area contributed by atoms with Gasteiger partial charge in [0.15, 0.2) is 0 Å². The van der Waals surface area contributed by atoms with E-state index in [0.717, 1.165) is 6.42 Å². The number of carbonyl (C=O) groups excluding carboxylic acids is 2. The first-order chi connectivity index (χ1) is 10.4. The number of aryl methyl sites for hydroxylation is 1. The van der Waals surface area contributed by atoms with Crippen LogP contribution in [0.25, 0.3) is 0 Å². The predicted molar refractivity (Wildman–Crippen MR) is 83.9 cm³/mol. The summed E-state index contributed by atoms with van der Waals surface area (Å²) in [6, 6.07) is 4.64. The fourth-order valence-corrected chi connectivity index (χ4v) is 1.97. The molecule has 0 atom stereocenters. The van der Waals surface area contributed by atoms with Gasteiger partial charge in [-0.15, -0.1) is 0 Å². The standard InChI is InChI=1S/C16H22N2O4/c1-3-9-17-14(19)5-4-6-15(20)18-12-7-8-13(16(21)22)11(2)10-12/h7-8,10H,3-6,9H2,1-2H3,(H,17,19)(H,18,20)(H,21,22). The van der Waals surface area contributed by atoms with Crippen molar-refractivity contribution in [1.29, 1.82) is 0 Å². The van der Waals surface area contributed by atoms with Crippen molar-refractivity contribution in [3.05, 3.63) is 29.3 Å². The number of carboxylic acids is 1. The summed E-state index contributed by atoms with van der Waals surface area (Å²) in [6.45, 7) is 4.31. The molecule has 0 aliphatic heterocycles. The summed E-state index contributed by atoms with van der Waals surface area (Å²) in [5.74, 6) is -1.23. The van der Waals surface area contributed by atoms with Crippen molar-refractivity contribution in [2.24, 2.45) is 0 Å². The third-order valence-electron chi connectivity index (χ3n) is 3.12. The number of carboxylic acid groups (broad SMARTS) is 1. The van der Waals surface area contributed by atoms with Crippen LogP contribution in [0.4, 0.5) is 5.69 Å². The minimum Gasteiger partial charge on any atom is -0.478 e. The number of hydrogen-bond acceptors (Lipinski definition) is 3. The zero-order valence-electron chi connectivity index (χ0n) is 12.9. The van der Waals surface area contributed by atoms with Crippen LogP contribution in [0.5, 0.6) is 0 Å². The first kappa shape index (κ1) is 17.7. The van der Waals surface area contributed by atoms with E-state index >= 15 is 0 Å². The van der Waals surface area contributed by atoms with Gasteiger partial charge in [0.05, 0.1) is 5.56 Å². The Morgan fingerprint density at radius 3 is 2.41 bits per heavy atom. The molecule has 120 valence electrons. The Hall–Kier alpha value is -2.37. The van der Waals surface area contributed by atoms with Gasteiger partial charge in [0, 0.05) is 25.1 Å². The highest BCUT2D eigenvalue weighted by Gasteiger charge is 2.09. The lowest BCUT2D eigenvalue weighted by Gasteiger charge is -2.08. The van der Waals surface area contributed by atoms with Crippen LogP contribution in [-0.4, -0.2) is 29.4 Å². The van der Waals surface area contributed by atoms with Crippen LogP contribution in [0.3, 0.4) is 0 Å². The first-order valence-electron chi connectivity index (χ1n) is 7.34. The summed E-state index contributed by atoms with van der Waals surface area (Å²) in [5, 5.41) is 14.4. The van der Waals surface area contributed by atoms with E-state index in [1.165, 1.54) is 6.07 Å². The van der Waals surface area contributed by atoms with Crippen LogP contribution in [0, 0.1) is 6.92 Å². The lowest BCUT2D eigenvalue weighted by atomic mass is 10.1. The van der Waals surface area contributed by atoms with Gasteiger partial charge in [-0.05, 0) is 43.5 Å². The second-order valence-electron chi connectivity index (χ2n) is 5.09. The molecule has 0 fully saturated rings. The molecule has 1 aromatic rings. The summed E-state index contributed by atoms with van der Waals surface area (Å²) < 4.78 is 0. The maximum absolute atomic E-state index is 11.8. The van der Waals surface area contributed by atoms with Gasteiger partial charge in [-0.25, -0.2) is 4.79 Å². The van der Waals surface area contributed by atoms with Gasteiger partial charge in [0.2, 0.25) is 11.8 Å². The Morgan fingerprint density at radius 2 is 1.82 bits per heavy atom. The van der Waals surface area contributed by atoms with Gasteiger partial charge in [0.1, 0.15) is 0 Å². The molecule has 0 unspecified atom stereocenters. The van der Waals surface area contributed by atoms with E-state index in [9.17, 15) is 14.4 Å². The molecule has 0 spiro atoms. The zero-order chi connectivity index (χ0) is 16.5. The van der Waals surface area contributed by atoms with Crippen molar-refractivity contribution in [1.82, 2.24) is 5.32 Å². The number of aromatic carboxylic acids is 1. The molecule has 1 aromatic carbocycles. The summed E-state index contributed by atoms with van der Waals surface area (Å²) in [6.07, 6.45) is 1.94. The van der Waals surface area contributed by atoms with Crippen molar-refractivity contribution < 1.29 is 19.5 Å². The maximum Gasteiger partial charge on any atom is 0.335 e. The minimum atomic E-state index is -0.992. The second-order valence-corrected chi connectivity index (χ2v) is 5.09. The van der Waals surface area contributed by atoms with Gasteiger partial charge in [-0.1, -0.05) is 6.92 Å². The molecule has 3 N–H and O–H groups in total. The van der Waals surface area contributed by atoms with Crippen molar-refractivity contribution in [2.45, 2.75) is 39.5 Å². The Bertz CT molecular complexity index is 555. The van der Waals surface area contributed by atoms with Crippen molar-refractivity contribution in [3.63, 3.8) is 0 Å². The fourth-order valence-electron chi connectivity index (χ4n) is 1.97. The van der Waals surface area contributed by atoms with E-state index in [2.05, 4.69) is 10.6 Å². The van der Waals surface area contributed by atoms with Crippen LogP contribution in [0.2, 0.25) is 0 Å². The average Bonchev–Trinajstić information content (AvgIpc) is 2.44. The van der Waals surface area contributed by atoms with Crippen LogP contribution >= 0.6 is 0 Å². The Balaban J connectivity index is 2.41. The van der Waals surface area contributed by atoms with Crippen molar-refractivity contribution in [3.8, 4) is 0 Å². The predicted octanol–water partition coefficient (Wildman–Crippen LogP) is 2.33. The molecule has 2 amide bonds. The van der Waals surface area contributed by atoms with Gasteiger partial charge >= 0.3 is 5.97 Å². The smallest absolute Gasteiger partial charge is 0.335 e. The molecule has 6 heteroatoms. The van der Waals surface area contributed by atoms with E-state index in [0.29, 0.717) is 30.6 Å². The quantitative estimate of drug-likeness (QED) is 0.687. The molecular formula is C16H22N2O4. The molecule has 0 radical (unpaired) electrons. The number of nitrogens with one attached hydrogen (secondary N) is 2. The van der Waals surface area contributed by atoms with Crippen molar-refractivity contribution >= 4 is 23.5 Å². The topological polar surface area (TPSA) is 95.5 Å². The number of amides is 2. The van der Waals surface area contributed by atoms with Gasteiger partial charge < -0.3 is 15.7 Å².